The van der Waals surface area contributed by atoms with Crippen LogP contribution in [0, 0.1) is 5.92 Å². The van der Waals surface area contributed by atoms with Gasteiger partial charge in [0, 0.05) is 22.3 Å². The van der Waals surface area contributed by atoms with E-state index in [0.717, 1.165) is 27.8 Å². The van der Waals surface area contributed by atoms with Gasteiger partial charge in [0.15, 0.2) is 23.0 Å². The smallest absolute Gasteiger partial charge is 0.338 e. The number of ether oxygens (including phenoxy) is 5. The molecule has 0 bridgehead atoms. The van der Waals surface area contributed by atoms with E-state index < -0.39 is 23.9 Å². The van der Waals surface area contributed by atoms with Crippen molar-refractivity contribution in [3.63, 3.8) is 0 Å². The number of benzene rings is 4. The van der Waals surface area contributed by atoms with Crippen molar-refractivity contribution < 1.29 is 42.9 Å². The second-order valence-corrected chi connectivity index (χ2v) is 13.0. The molecule has 0 aromatic heterocycles. The van der Waals surface area contributed by atoms with E-state index in [-0.39, 0.29) is 45.6 Å². The Labute approximate surface area is 321 Å². The zero-order valence-electron chi connectivity index (χ0n) is 31.9. The van der Waals surface area contributed by atoms with Crippen molar-refractivity contribution in [2.75, 3.05) is 6.61 Å². The van der Waals surface area contributed by atoms with Crippen LogP contribution >= 0.6 is 0 Å². The molecule has 0 fully saturated rings. The maximum Gasteiger partial charge on any atom is 0.338 e. The molecule has 0 saturated heterocycles. The van der Waals surface area contributed by atoms with Crippen LogP contribution in [0.5, 0.6) is 28.7 Å². The fourth-order valence-corrected chi connectivity index (χ4v) is 4.69. The summed E-state index contributed by atoms with van der Waals surface area (Å²) in [6, 6.07) is 23.4. The monoisotopic (exact) mass is 740 g/mol. The normalized spacial score (nSPS) is 11.0. The largest absolute Gasteiger partial charge is 0.489 e. The summed E-state index contributed by atoms with van der Waals surface area (Å²) in [4.78, 5) is 49.4. The van der Waals surface area contributed by atoms with Crippen molar-refractivity contribution in [3.05, 3.63) is 139 Å². The van der Waals surface area contributed by atoms with Gasteiger partial charge in [-0.2, -0.15) is 0 Å². The predicted molar refractivity (Wildman–Crippen MR) is 215 cm³/mol. The highest BCUT2D eigenvalue weighted by Gasteiger charge is 2.20. The molecule has 0 amide bonds. The highest BCUT2D eigenvalue weighted by molar-refractivity contribution is 5.92. The minimum Gasteiger partial charge on any atom is -0.489 e. The molecule has 0 radical (unpaired) electrons. The van der Waals surface area contributed by atoms with Crippen molar-refractivity contribution in [3.8, 4) is 51.0 Å². The first kappa shape index (κ1) is 41.0. The molecule has 9 heteroatoms. The first-order chi connectivity index (χ1) is 26.2. The number of hydrogen-bond acceptors (Lipinski definition) is 9. The molecule has 0 aliphatic rings. The van der Waals surface area contributed by atoms with Crippen LogP contribution in [0.3, 0.4) is 0 Å². The number of rotatable bonds is 15. The first-order valence-electron chi connectivity index (χ1n) is 17.5. The molecule has 9 nitrogen and oxygen atoms in total. The molecule has 0 unspecified atom stereocenters. The van der Waals surface area contributed by atoms with Crippen molar-refractivity contribution in [1.82, 2.24) is 0 Å². The van der Waals surface area contributed by atoms with Crippen LogP contribution in [0.2, 0.25) is 0 Å². The van der Waals surface area contributed by atoms with Gasteiger partial charge in [0.2, 0.25) is 0 Å². The summed E-state index contributed by atoms with van der Waals surface area (Å²) in [5, 5.41) is 0. The molecular weight excluding hydrogens is 696 g/mol. The zero-order chi connectivity index (χ0) is 40.2. The highest BCUT2D eigenvalue weighted by atomic mass is 16.6. The van der Waals surface area contributed by atoms with E-state index in [0.29, 0.717) is 17.9 Å². The molecule has 0 saturated carbocycles. The fraction of sp³-hybridized carbons (Fsp3) is 0.174. The van der Waals surface area contributed by atoms with Crippen LogP contribution in [-0.4, -0.2) is 30.5 Å². The first-order valence-corrected chi connectivity index (χ1v) is 17.5. The Bertz CT molecular complexity index is 2200. The molecule has 0 aliphatic heterocycles. The average Bonchev–Trinajstić information content (AvgIpc) is 3.15. The Morgan fingerprint density at radius 1 is 0.564 bits per heavy atom. The fourth-order valence-electron chi connectivity index (χ4n) is 4.69. The number of carbonyl (C=O) groups is 4. The summed E-state index contributed by atoms with van der Waals surface area (Å²) in [6.07, 6.45) is 7.69. The number of allylic oxidation sites excluding steroid dienone is 1. The third kappa shape index (κ3) is 11.4. The third-order valence-corrected chi connectivity index (χ3v) is 7.82. The molecule has 4 aromatic carbocycles. The summed E-state index contributed by atoms with van der Waals surface area (Å²) in [5.74, 6) is -1.84. The van der Waals surface area contributed by atoms with Crippen LogP contribution in [0.25, 0.3) is 34.4 Å². The van der Waals surface area contributed by atoms with Crippen LogP contribution in [0.4, 0.5) is 0 Å². The second kappa shape index (κ2) is 18.8. The molecule has 0 aliphatic carbocycles. The standard InChI is InChI=1S/C46H44O9/c1-10-11-24-51-40-25-33(16-21-37(40)36-20-23-39(53-44(48)29(4)5)42(27-36)55-46(50)31(8)9)13-12-32-14-17-34(18-15-32)35-19-22-38(52-43(47)28(2)3)41(26-35)54-45(49)30(6)7/h10-23,25-27,29H,2,6,8,24H2,1,3-5,7,9H3/b11-10+,13-12+. The average molecular weight is 741 g/mol. The lowest BCUT2D eigenvalue weighted by atomic mass is 10.0. The molecule has 0 heterocycles. The van der Waals surface area contributed by atoms with Gasteiger partial charge in [0.05, 0.1) is 5.92 Å². The van der Waals surface area contributed by atoms with E-state index in [1.54, 1.807) is 50.2 Å². The topological polar surface area (TPSA) is 114 Å². The lowest BCUT2D eigenvalue weighted by molar-refractivity contribution is -0.138. The quantitative estimate of drug-likeness (QED) is 0.0386. The minimum atomic E-state index is -0.648. The highest BCUT2D eigenvalue weighted by Crippen LogP contribution is 2.39. The van der Waals surface area contributed by atoms with Gasteiger partial charge in [-0.25, -0.2) is 14.4 Å². The van der Waals surface area contributed by atoms with Gasteiger partial charge in [-0.3, -0.25) is 4.79 Å². The van der Waals surface area contributed by atoms with Gasteiger partial charge in [-0.15, -0.1) is 0 Å². The SMILES string of the molecule is C=C(C)C(=O)Oc1ccc(-c2ccc(/C=C/c3ccc(-c4ccc(OC(=O)C(C)C)c(OC(=O)C(=C)C)c4)c(OC/C=C/C)c3)cc2)cc1OC(=O)C(=C)C. The van der Waals surface area contributed by atoms with Crippen LogP contribution in [0.15, 0.2) is 127 Å². The van der Waals surface area contributed by atoms with E-state index in [2.05, 4.69) is 19.7 Å². The van der Waals surface area contributed by atoms with E-state index in [9.17, 15) is 19.2 Å². The summed E-state index contributed by atoms with van der Waals surface area (Å²) < 4.78 is 28.1. The Balaban J connectivity index is 1.63. The summed E-state index contributed by atoms with van der Waals surface area (Å²) in [6.45, 7) is 21.1. The predicted octanol–water partition coefficient (Wildman–Crippen LogP) is 10.2. The maximum atomic E-state index is 12.5. The Kier molecular flexibility index (Phi) is 14.1. The summed E-state index contributed by atoms with van der Waals surface area (Å²) >= 11 is 0. The molecule has 0 spiro atoms. The Morgan fingerprint density at radius 2 is 1.04 bits per heavy atom. The van der Waals surface area contributed by atoms with Crippen molar-refractivity contribution in [1.29, 1.82) is 0 Å². The van der Waals surface area contributed by atoms with Gasteiger partial charge in [0.25, 0.3) is 0 Å². The number of carbonyl (C=O) groups excluding carboxylic acids is 4. The molecular formula is C46H44O9. The molecule has 282 valence electrons. The van der Waals surface area contributed by atoms with Crippen molar-refractivity contribution in [2.24, 2.45) is 5.92 Å². The van der Waals surface area contributed by atoms with Gasteiger partial charge in [0.1, 0.15) is 12.4 Å². The lowest BCUT2D eigenvalue weighted by Gasteiger charge is -2.16. The number of esters is 4. The maximum absolute atomic E-state index is 12.5. The van der Waals surface area contributed by atoms with E-state index >= 15 is 0 Å². The second-order valence-electron chi connectivity index (χ2n) is 13.0. The van der Waals surface area contributed by atoms with Crippen LogP contribution in [0.1, 0.15) is 52.7 Å². The van der Waals surface area contributed by atoms with Gasteiger partial charge < -0.3 is 23.7 Å². The zero-order valence-corrected chi connectivity index (χ0v) is 31.9. The van der Waals surface area contributed by atoms with Gasteiger partial charge in [-0.05, 0) is 85.8 Å². The van der Waals surface area contributed by atoms with E-state index in [1.165, 1.54) is 20.8 Å². The molecule has 0 atom stereocenters. The summed E-state index contributed by atoms with van der Waals surface area (Å²) in [5.41, 5.74) is 5.35. The molecule has 55 heavy (non-hydrogen) atoms. The van der Waals surface area contributed by atoms with Crippen LogP contribution < -0.4 is 23.7 Å². The van der Waals surface area contributed by atoms with Crippen molar-refractivity contribution in [2.45, 2.75) is 41.5 Å². The molecule has 4 aromatic rings. The minimum absolute atomic E-state index is 0.0783. The van der Waals surface area contributed by atoms with E-state index in [4.69, 9.17) is 23.7 Å². The van der Waals surface area contributed by atoms with Gasteiger partial charge in [-0.1, -0.05) is 106 Å². The Hall–Kier alpha value is -6.74. The Morgan fingerprint density at radius 3 is 1.58 bits per heavy atom. The molecule has 4 rings (SSSR count). The molecule has 0 N–H and O–H groups in total. The van der Waals surface area contributed by atoms with Gasteiger partial charge >= 0.3 is 23.9 Å². The van der Waals surface area contributed by atoms with Crippen LogP contribution in [-0.2, 0) is 19.2 Å². The lowest BCUT2D eigenvalue weighted by Crippen LogP contribution is -2.16. The van der Waals surface area contributed by atoms with Crippen molar-refractivity contribution >= 4 is 36.0 Å². The third-order valence-electron chi connectivity index (χ3n) is 7.82. The number of hydrogen-bond donors (Lipinski definition) is 0. The van der Waals surface area contributed by atoms with E-state index in [1.807, 2.05) is 73.7 Å². The summed E-state index contributed by atoms with van der Waals surface area (Å²) in [7, 11) is 0.